The molecule has 0 aliphatic heterocycles. The van der Waals surface area contributed by atoms with E-state index in [9.17, 15) is 9.59 Å². The van der Waals surface area contributed by atoms with Crippen molar-refractivity contribution in [1.82, 2.24) is 9.78 Å². The second-order valence-corrected chi connectivity index (χ2v) is 6.72. The highest BCUT2D eigenvalue weighted by Gasteiger charge is 2.06. The van der Waals surface area contributed by atoms with Gasteiger partial charge in [0.2, 0.25) is 0 Å². The number of hydrogen-bond acceptors (Lipinski definition) is 3. The van der Waals surface area contributed by atoms with Crippen molar-refractivity contribution in [2.24, 2.45) is 0 Å². The van der Waals surface area contributed by atoms with E-state index >= 15 is 0 Å². The van der Waals surface area contributed by atoms with Crippen molar-refractivity contribution in [3.63, 3.8) is 0 Å². The van der Waals surface area contributed by atoms with E-state index in [-0.39, 0.29) is 11.5 Å². The minimum atomic E-state index is -0.286. The van der Waals surface area contributed by atoms with Crippen LogP contribution in [0.4, 0.5) is 0 Å². The molecule has 5 nitrogen and oxygen atoms in total. The molecule has 3 aromatic carbocycles. The zero-order chi connectivity index (χ0) is 20.4. The summed E-state index contributed by atoms with van der Waals surface area (Å²) in [7, 11) is 0. The van der Waals surface area contributed by atoms with Crippen molar-refractivity contribution in [2.45, 2.75) is 13.3 Å². The van der Waals surface area contributed by atoms with Gasteiger partial charge in [0.25, 0.3) is 5.56 Å². The molecular formula is C24H20N2O3. The van der Waals surface area contributed by atoms with Gasteiger partial charge in [0, 0.05) is 6.42 Å². The molecule has 0 saturated carbocycles. The molecule has 0 unspecified atom stereocenters. The predicted molar refractivity (Wildman–Crippen MR) is 115 cm³/mol. The molecule has 0 bridgehead atoms. The van der Waals surface area contributed by atoms with Crippen LogP contribution in [0.25, 0.3) is 29.1 Å². The third kappa shape index (κ3) is 3.75. The summed E-state index contributed by atoms with van der Waals surface area (Å²) in [5.41, 5.74) is 1.39. The Bertz CT molecular complexity index is 1360. The lowest BCUT2D eigenvalue weighted by Crippen LogP contribution is -2.33. The van der Waals surface area contributed by atoms with E-state index in [4.69, 9.17) is 4.74 Å². The number of rotatable bonds is 4. The standard InChI is InChI=1S/C24H20N2O3/c1-3-23(27)29-21-12-8-17(9-13-21)14-22-16(2)25-26(24(22)28)20-11-10-18-6-4-5-7-19(18)15-20/h4-15,25H,2-3H2,1H3/b22-14+. The highest BCUT2D eigenvalue weighted by molar-refractivity contribution is 5.84. The van der Waals surface area contributed by atoms with Crippen molar-refractivity contribution in [3.05, 3.63) is 93.2 Å². The molecule has 0 spiro atoms. The average Bonchev–Trinajstić information content (AvgIpc) is 3.03. The summed E-state index contributed by atoms with van der Waals surface area (Å²) in [4.78, 5) is 24.4. The first-order chi connectivity index (χ1) is 14.0. The van der Waals surface area contributed by atoms with Gasteiger partial charge in [0.1, 0.15) is 5.75 Å². The first-order valence-electron chi connectivity index (χ1n) is 9.37. The van der Waals surface area contributed by atoms with Gasteiger partial charge in [-0.2, -0.15) is 0 Å². The summed E-state index contributed by atoms with van der Waals surface area (Å²) in [5.74, 6) is 0.192. The molecule has 0 amide bonds. The number of nitrogens with one attached hydrogen (secondary N) is 1. The summed E-state index contributed by atoms with van der Waals surface area (Å²) in [6, 6.07) is 20.9. The third-order valence-corrected chi connectivity index (χ3v) is 4.71. The highest BCUT2D eigenvalue weighted by atomic mass is 16.5. The molecular weight excluding hydrogens is 364 g/mol. The Morgan fingerprint density at radius 1 is 1.07 bits per heavy atom. The maximum absolute atomic E-state index is 13.0. The van der Waals surface area contributed by atoms with Crippen LogP contribution in [0, 0.1) is 0 Å². The molecule has 0 atom stereocenters. The number of esters is 1. The van der Waals surface area contributed by atoms with Crippen LogP contribution in [0.1, 0.15) is 18.9 Å². The Morgan fingerprint density at radius 2 is 1.79 bits per heavy atom. The van der Waals surface area contributed by atoms with Crippen LogP contribution in [-0.2, 0) is 4.79 Å². The first-order valence-corrected chi connectivity index (χ1v) is 9.37. The lowest BCUT2D eigenvalue weighted by molar-refractivity contribution is -0.134. The molecule has 0 saturated heterocycles. The minimum Gasteiger partial charge on any atom is -0.427 e. The summed E-state index contributed by atoms with van der Waals surface area (Å²) in [6.07, 6.45) is 2.08. The van der Waals surface area contributed by atoms with E-state index in [1.54, 1.807) is 37.3 Å². The van der Waals surface area contributed by atoms with Gasteiger partial charge in [-0.1, -0.05) is 56.0 Å². The molecule has 144 valence electrons. The second-order valence-electron chi connectivity index (χ2n) is 6.72. The fraction of sp³-hybridized carbons (Fsp3) is 0.0833. The van der Waals surface area contributed by atoms with Gasteiger partial charge in [-0.25, -0.2) is 4.68 Å². The molecule has 1 heterocycles. The lowest BCUT2D eigenvalue weighted by Gasteiger charge is -2.03. The van der Waals surface area contributed by atoms with E-state index in [2.05, 4.69) is 11.7 Å². The Morgan fingerprint density at radius 3 is 2.52 bits per heavy atom. The zero-order valence-electron chi connectivity index (χ0n) is 16.0. The smallest absolute Gasteiger partial charge is 0.310 e. The number of ether oxygens (including phenoxy) is 1. The molecule has 0 radical (unpaired) electrons. The molecule has 0 aliphatic rings. The fourth-order valence-electron chi connectivity index (χ4n) is 3.14. The number of aromatic nitrogens is 2. The van der Waals surface area contributed by atoms with Gasteiger partial charge in [0.15, 0.2) is 0 Å². The summed E-state index contributed by atoms with van der Waals surface area (Å²) in [5, 5.41) is 6.23. The van der Waals surface area contributed by atoms with Gasteiger partial charge in [0.05, 0.1) is 16.3 Å². The van der Waals surface area contributed by atoms with E-state index in [1.165, 1.54) is 4.68 Å². The minimum absolute atomic E-state index is 0.174. The van der Waals surface area contributed by atoms with Crippen LogP contribution >= 0.6 is 0 Å². The second kappa shape index (κ2) is 7.64. The number of nitrogens with zero attached hydrogens (tertiary/aromatic N) is 1. The van der Waals surface area contributed by atoms with Gasteiger partial charge in [-0.05, 0) is 46.7 Å². The SMILES string of the molecule is C=c1[nH]n(-c2ccc3ccccc3c2)c(=O)/c1=C/c1ccc(OC(=O)CC)cc1. The normalized spacial score (nSPS) is 11.7. The number of carbonyl (C=O) groups is 1. The lowest BCUT2D eigenvalue weighted by atomic mass is 10.1. The van der Waals surface area contributed by atoms with E-state index in [0.29, 0.717) is 22.7 Å². The Hall–Kier alpha value is -3.86. The topological polar surface area (TPSA) is 64.1 Å². The van der Waals surface area contributed by atoms with Gasteiger partial charge >= 0.3 is 5.97 Å². The highest BCUT2D eigenvalue weighted by Crippen LogP contribution is 2.17. The van der Waals surface area contributed by atoms with E-state index in [1.807, 2.05) is 42.5 Å². The molecule has 4 aromatic rings. The van der Waals surface area contributed by atoms with Crippen LogP contribution in [0.5, 0.6) is 5.75 Å². The monoisotopic (exact) mass is 384 g/mol. The summed E-state index contributed by atoms with van der Waals surface area (Å²) in [6.45, 7) is 5.72. The maximum atomic E-state index is 13.0. The Kier molecular flexibility index (Phi) is 4.87. The largest absolute Gasteiger partial charge is 0.427 e. The summed E-state index contributed by atoms with van der Waals surface area (Å²) >= 11 is 0. The third-order valence-electron chi connectivity index (χ3n) is 4.71. The summed E-state index contributed by atoms with van der Waals surface area (Å²) < 4.78 is 6.67. The average molecular weight is 384 g/mol. The number of carbonyl (C=O) groups excluding carboxylic acids is 1. The first kappa shape index (κ1) is 18.5. The van der Waals surface area contributed by atoms with Crippen molar-refractivity contribution in [1.29, 1.82) is 0 Å². The molecule has 0 fully saturated rings. The van der Waals surface area contributed by atoms with E-state index in [0.717, 1.165) is 22.0 Å². The molecule has 1 N–H and O–H groups in total. The number of hydrogen-bond donors (Lipinski definition) is 1. The maximum Gasteiger partial charge on any atom is 0.310 e. The number of aromatic amines is 1. The number of H-pyrrole nitrogens is 1. The van der Waals surface area contributed by atoms with Crippen molar-refractivity contribution < 1.29 is 9.53 Å². The van der Waals surface area contributed by atoms with Crippen molar-refractivity contribution in [3.8, 4) is 11.4 Å². The molecule has 5 heteroatoms. The molecule has 29 heavy (non-hydrogen) atoms. The van der Waals surface area contributed by atoms with Gasteiger partial charge in [-0.3, -0.25) is 14.7 Å². The molecule has 0 aliphatic carbocycles. The number of fused-ring (bicyclic) bond motifs is 1. The number of benzene rings is 3. The van der Waals surface area contributed by atoms with Crippen LogP contribution in [0.2, 0.25) is 0 Å². The van der Waals surface area contributed by atoms with Crippen molar-refractivity contribution >= 4 is 29.4 Å². The van der Waals surface area contributed by atoms with Crippen LogP contribution in [0.15, 0.2) is 71.5 Å². The van der Waals surface area contributed by atoms with Gasteiger partial charge in [-0.15, -0.1) is 0 Å². The van der Waals surface area contributed by atoms with Crippen molar-refractivity contribution in [2.75, 3.05) is 0 Å². The quantitative estimate of drug-likeness (QED) is 0.435. The Balaban J connectivity index is 1.72. The zero-order valence-corrected chi connectivity index (χ0v) is 16.0. The van der Waals surface area contributed by atoms with E-state index < -0.39 is 0 Å². The molecule has 4 rings (SSSR count). The van der Waals surface area contributed by atoms with Gasteiger partial charge < -0.3 is 4.74 Å². The molecule has 1 aromatic heterocycles. The van der Waals surface area contributed by atoms with Crippen LogP contribution in [-0.4, -0.2) is 15.7 Å². The van der Waals surface area contributed by atoms with Crippen LogP contribution in [0.3, 0.4) is 0 Å². The fourth-order valence-corrected chi connectivity index (χ4v) is 3.14. The Labute approximate surface area is 167 Å². The van der Waals surface area contributed by atoms with Crippen LogP contribution < -0.4 is 20.9 Å². The predicted octanol–water partition coefficient (Wildman–Crippen LogP) is 2.87.